The second kappa shape index (κ2) is 5.77. The quantitative estimate of drug-likeness (QED) is 0.598. The third-order valence-electron chi connectivity index (χ3n) is 1.96. The van der Waals surface area contributed by atoms with Crippen LogP contribution in [0.4, 0.5) is 5.88 Å². The monoisotopic (exact) mass is 230 g/mol. The van der Waals surface area contributed by atoms with Crippen LogP contribution >= 0.6 is 11.8 Å². The van der Waals surface area contributed by atoms with Crippen LogP contribution in [0.2, 0.25) is 0 Å². The molecule has 0 saturated heterocycles. The molecule has 0 saturated carbocycles. The molecular formula is C9H14N2O3S. The Hall–Kier alpha value is -1.01. The number of thioether (sulfide) groups is 1. The van der Waals surface area contributed by atoms with E-state index in [-0.39, 0.29) is 5.88 Å². The molecule has 15 heavy (non-hydrogen) atoms. The molecular weight excluding hydrogens is 216 g/mol. The Bertz CT molecular complexity index is 327. The molecule has 1 rings (SSSR count). The standard InChI is InChI=1S/C9H14N2O3S/c1-7(15-2)5-10-6-8-3-4-9(14-8)11(12)13/h3-4,7,10H,5-6H2,1-2H3. The average molecular weight is 230 g/mol. The van der Waals surface area contributed by atoms with Crippen LogP contribution < -0.4 is 5.32 Å². The molecule has 0 aliphatic carbocycles. The van der Waals surface area contributed by atoms with Gasteiger partial charge in [-0.1, -0.05) is 6.92 Å². The van der Waals surface area contributed by atoms with Gasteiger partial charge in [0.2, 0.25) is 0 Å². The number of nitrogens with one attached hydrogen (secondary N) is 1. The zero-order chi connectivity index (χ0) is 11.3. The molecule has 0 radical (unpaired) electrons. The van der Waals surface area contributed by atoms with Crippen LogP contribution in [-0.4, -0.2) is 23.0 Å². The normalized spacial score (nSPS) is 12.7. The zero-order valence-corrected chi connectivity index (χ0v) is 9.54. The Kier molecular flexibility index (Phi) is 4.64. The molecule has 84 valence electrons. The second-order valence-electron chi connectivity index (χ2n) is 3.17. The fourth-order valence-corrected chi connectivity index (χ4v) is 1.33. The minimum Gasteiger partial charge on any atom is -0.404 e. The summed E-state index contributed by atoms with van der Waals surface area (Å²) in [4.78, 5) is 9.80. The van der Waals surface area contributed by atoms with Gasteiger partial charge in [0.1, 0.15) is 10.7 Å². The van der Waals surface area contributed by atoms with E-state index < -0.39 is 4.92 Å². The van der Waals surface area contributed by atoms with Gasteiger partial charge >= 0.3 is 5.88 Å². The summed E-state index contributed by atoms with van der Waals surface area (Å²) in [6.07, 6.45) is 2.05. The van der Waals surface area contributed by atoms with E-state index in [1.807, 2.05) is 6.26 Å². The van der Waals surface area contributed by atoms with Gasteiger partial charge in [-0.2, -0.15) is 11.8 Å². The maximum absolute atomic E-state index is 10.3. The Balaban J connectivity index is 2.35. The molecule has 0 bridgehead atoms. The summed E-state index contributed by atoms with van der Waals surface area (Å²) >= 11 is 1.77. The van der Waals surface area contributed by atoms with E-state index in [2.05, 4.69) is 12.2 Å². The highest BCUT2D eigenvalue weighted by atomic mass is 32.2. The molecule has 0 fully saturated rings. The lowest BCUT2D eigenvalue weighted by atomic mass is 10.4. The summed E-state index contributed by atoms with van der Waals surface area (Å²) < 4.78 is 4.99. The molecule has 1 heterocycles. The van der Waals surface area contributed by atoms with Gasteiger partial charge in [-0.25, -0.2) is 0 Å². The van der Waals surface area contributed by atoms with Gasteiger partial charge in [0.15, 0.2) is 0 Å². The molecule has 0 spiro atoms. The van der Waals surface area contributed by atoms with Crippen LogP contribution in [0.25, 0.3) is 0 Å². The molecule has 0 amide bonds. The van der Waals surface area contributed by atoms with E-state index in [0.29, 0.717) is 17.6 Å². The van der Waals surface area contributed by atoms with Crippen LogP contribution in [0.3, 0.4) is 0 Å². The highest BCUT2D eigenvalue weighted by Gasteiger charge is 2.11. The Labute approximate surface area is 92.4 Å². The van der Waals surface area contributed by atoms with Gasteiger partial charge in [-0.3, -0.25) is 10.1 Å². The summed E-state index contributed by atoms with van der Waals surface area (Å²) in [6.45, 7) is 3.50. The number of nitro groups is 1. The van der Waals surface area contributed by atoms with Crippen LogP contribution in [0, 0.1) is 10.1 Å². The van der Waals surface area contributed by atoms with Crippen molar-refractivity contribution >= 4 is 17.6 Å². The maximum atomic E-state index is 10.3. The van der Waals surface area contributed by atoms with Crippen molar-refractivity contribution in [1.82, 2.24) is 5.32 Å². The van der Waals surface area contributed by atoms with Gasteiger partial charge < -0.3 is 9.73 Å². The number of hydrogen-bond donors (Lipinski definition) is 1. The van der Waals surface area contributed by atoms with Crippen molar-refractivity contribution in [3.8, 4) is 0 Å². The first-order valence-corrected chi connectivity index (χ1v) is 5.89. The largest absolute Gasteiger partial charge is 0.433 e. The lowest BCUT2D eigenvalue weighted by Crippen LogP contribution is -2.21. The van der Waals surface area contributed by atoms with E-state index >= 15 is 0 Å². The first-order valence-electron chi connectivity index (χ1n) is 4.60. The van der Waals surface area contributed by atoms with Crippen molar-refractivity contribution in [2.24, 2.45) is 0 Å². The van der Waals surface area contributed by atoms with E-state index in [0.717, 1.165) is 6.54 Å². The van der Waals surface area contributed by atoms with Crippen molar-refractivity contribution in [2.75, 3.05) is 12.8 Å². The predicted octanol–water partition coefficient (Wildman–Crippen LogP) is 2.03. The maximum Gasteiger partial charge on any atom is 0.433 e. The van der Waals surface area contributed by atoms with Crippen molar-refractivity contribution in [3.05, 3.63) is 28.0 Å². The molecule has 1 aromatic rings. The molecule has 6 heteroatoms. The van der Waals surface area contributed by atoms with Gasteiger partial charge in [-0.15, -0.1) is 0 Å². The summed E-state index contributed by atoms with van der Waals surface area (Å²) in [5, 5.41) is 14.0. The topological polar surface area (TPSA) is 68.3 Å². The number of rotatable bonds is 6. The Morgan fingerprint density at radius 2 is 2.40 bits per heavy atom. The zero-order valence-electron chi connectivity index (χ0n) is 8.73. The fourth-order valence-electron chi connectivity index (χ4n) is 1.04. The lowest BCUT2D eigenvalue weighted by Gasteiger charge is -2.07. The fraction of sp³-hybridized carbons (Fsp3) is 0.556. The van der Waals surface area contributed by atoms with Crippen LogP contribution in [-0.2, 0) is 6.54 Å². The SMILES string of the molecule is CSC(C)CNCc1ccc([N+](=O)[O-])o1. The molecule has 0 aliphatic rings. The second-order valence-corrected chi connectivity index (χ2v) is 4.45. The molecule has 1 unspecified atom stereocenters. The van der Waals surface area contributed by atoms with E-state index in [9.17, 15) is 10.1 Å². The van der Waals surface area contributed by atoms with Crippen molar-refractivity contribution < 1.29 is 9.34 Å². The number of nitrogens with zero attached hydrogens (tertiary/aromatic N) is 1. The Morgan fingerprint density at radius 3 is 2.93 bits per heavy atom. The summed E-state index contributed by atoms with van der Waals surface area (Å²) in [5.41, 5.74) is 0. The highest BCUT2D eigenvalue weighted by molar-refractivity contribution is 7.99. The third kappa shape index (κ3) is 3.93. The number of hydrogen-bond acceptors (Lipinski definition) is 5. The minimum absolute atomic E-state index is 0.204. The van der Waals surface area contributed by atoms with Crippen molar-refractivity contribution in [2.45, 2.75) is 18.7 Å². The molecule has 1 aromatic heterocycles. The average Bonchev–Trinajstić information content (AvgIpc) is 2.66. The molecule has 1 N–H and O–H groups in total. The summed E-state index contributed by atoms with van der Waals surface area (Å²) in [6, 6.07) is 2.99. The molecule has 1 atom stereocenters. The van der Waals surface area contributed by atoms with E-state index in [4.69, 9.17) is 4.42 Å². The van der Waals surface area contributed by atoms with Gasteiger partial charge in [0.05, 0.1) is 12.6 Å². The number of furan rings is 1. The van der Waals surface area contributed by atoms with Gasteiger partial charge in [-0.05, 0) is 12.3 Å². The predicted molar refractivity (Wildman–Crippen MR) is 60.0 cm³/mol. The first-order chi connectivity index (χ1) is 7.13. The third-order valence-corrected chi connectivity index (χ3v) is 2.93. The van der Waals surface area contributed by atoms with Crippen molar-refractivity contribution in [3.63, 3.8) is 0 Å². The highest BCUT2D eigenvalue weighted by Crippen LogP contribution is 2.15. The Morgan fingerprint density at radius 1 is 1.67 bits per heavy atom. The molecule has 0 aromatic carbocycles. The summed E-state index contributed by atoms with van der Waals surface area (Å²) in [5.74, 6) is 0.389. The molecule has 5 nitrogen and oxygen atoms in total. The first kappa shape index (κ1) is 12.1. The van der Waals surface area contributed by atoms with Crippen LogP contribution in [0.1, 0.15) is 12.7 Å². The molecule has 0 aliphatic heterocycles. The van der Waals surface area contributed by atoms with Gasteiger partial charge in [0.25, 0.3) is 0 Å². The van der Waals surface area contributed by atoms with Crippen LogP contribution in [0.5, 0.6) is 0 Å². The lowest BCUT2D eigenvalue weighted by molar-refractivity contribution is -0.402. The van der Waals surface area contributed by atoms with Crippen LogP contribution in [0.15, 0.2) is 16.5 Å². The van der Waals surface area contributed by atoms with Crippen molar-refractivity contribution in [1.29, 1.82) is 0 Å². The van der Waals surface area contributed by atoms with E-state index in [1.165, 1.54) is 6.07 Å². The van der Waals surface area contributed by atoms with Gasteiger partial charge in [0, 0.05) is 11.8 Å². The van der Waals surface area contributed by atoms with E-state index in [1.54, 1.807) is 17.8 Å². The minimum atomic E-state index is -0.534. The summed E-state index contributed by atoms with van der Waals surface area (Å²) in [7, 11) is 0. The smallest absolute Gasteiger partial charge is 0.404 e.